The number of carboxylic acid groups (broad SMARTS) is 2. The summed E-state index contributed by atoms with van der Waals surface area (Å²) in [7, 11) is 0. The molecule has 3 aromatic rings. The number of aromatic nitrogens is 2. The van der Waals surface area contributed by atoms with Crippen LogP contribution in [0.15, 0.2) is 30.3 Å². The van der Waals surface area contributed by atoms with Gasteiger partial charge in [0.15, 0.2) is 0 Å². The highest BCUT2D eigenvalue weighted by Crippen LogP contribution is 2.29. The molecule has 0 spiro atoms. The molecule has 2 aromatic heterocycles. The number of nitrogens with zero attached hydrogens (tertiary/aromatic N) is 2. The predicted octanol–water partition coefficient (Wildman–Crippen LogP) is 2.56. The number of rotatable bonds is 8. The molecule has 1 saturated heterocycles. The van der Waals surface area contributed by atoms with Gasteiger partial charge in [-0.05, 0) is 30.9 Å². The third-order valence-electron chi connectivity index (χ3n) is 6.46. The van der Waals surface area contributed by atoms with Crippen LogP contribution in [0.25, 0.3) is 21.8 Å². The Balaban J connectivity index is 1.67. The Kier molecular flexibility index (Phi) is 6.72. The van der Waals surface area contributed by atoms with E-state index >= 15 is 0 Å². The first-order valence-corrected chi connectivity index (χ1v) is 11.6. The fraction of sp³-hybridized carbons (Fsp3) is 0.400. The van der Waals surface area contributed by atoms with Gasteiger partial charge in [-0.15, -0.1) is 0 Å². The number of aliphatic carboxylic acids is 2. The highest BCUT2D eigenvalue weighted by atomic mass is 16.4. The van der Waals surface area contributed by atoms with Crippen LogP contribution in [0.2, 0.25) is 0 Å². The Hall–Kier alpha value is -3.95. The van der Waals surface area contributed by atoms with Crippen LogP contribution in [0.1, 0.15) is 49.3 Å². The lowest BCUT2D eigenvalue weighted by Crippen LogP contribution is -2.44. The zero-order valence-electron chi connectivity index (χ0n) is 19.6. The minimum absolute atomic E-state index is 0.0378. The standard InChI is InChI=1S/C25H28N4O6/c1-13(2)21(25(34)35)28-23(31)18-12-15-14-6-3-4-7-16(14)27-22(15)17(26-18)9-10-20(30)29-11-5-8-19(29)24(32)33/h3-4,6-7,12-13,19,21,27H,5,8-11H2,1-2H3,(H,28,31)(H,32,33)(H,34,35). The van der Waals surface area contributed by atoms with E-state index in [4.69, 9.17) is 0 Å². The molecule has 0 saturated carbocycles. The van der Waals surface area contributed by atoms with Crippen LogP contribution in [0.3, 0.4) is 0 Å². The quantitative estimate of drug-likeness (QED) is 0.386. The molecule has 1 aliphatic rings. The minimum atomic E-state index is -1.13. The molecule has 1 fully saturated rings. The zero-order valence-corrected chi connectivity index (χ0v) is 19.6. The second-order valence-corrected chi connectivity index (χ2v) is 9.16. The normalized spacial score (nSPS) is 16.7. The van der Waals surface area contributed by atoms with E-state index in [1.54, 1.807) is 19.9 Å². The van der Waals surface area contributed by atoms with Gasteiger partial charge in [-0.3, -0.25) is 9.59 Å². The van der Waals surface area contributed by atoms with Crippen molar-refractivity contribution in [1.82, 2.24) is 20.2 Å². The number of fused-ring (bicyclic) bond motifs is 3. The van der Waals surface area contributed by atoms with Crippen molar-refractivity contribution in [3.8, 4) is 0 Å². The first-order valence-electron chi connectivity index (χ1n) is 11.6. The van der Waals surface area contributed by atoms with E-state index in [0.717, 1.165) is 16.3 Å². The van der Waals surface area contributed by atoms with E-state index in [0.29, 0.717) is 30.6 Å². The number of benzene rings is 1. The van der Waals surface area contributed by atoms with Gasteiger partial charge in [-0.25, -0.2) is 14.6 Å². The summed E-state index contributed by atoms with van der Waals surface area (Å²) in [5, 5.41) is 23.0. The topological polar surface area (TPSA) is 153 Å². The number of hydrogen-bond donors (Lipinski definition) is 4. The Bertz CT molecular complexity index is 1310. The van der Waals surface area contributed by atoms with Gasteiger partial charge in [-0.1, -0.05) is 32.0 Å². The Morgan fingerprint density at radius 2 is 1.91 bits per heavy atom. The van der Waals surface area contributed by atoms with Crippen molar-refractivity contribution in [2.24, 2.45) is 5.92 Å². The third-order valence-corrected chi connectivity index (χ3v) is 6.46. The second kappa shape index (κ2) is 9.73. The first kappa shape index (κ1) is 24.2. The van der Waals surface area contributed by atoms with Crippen molar-refractivity contribution in [2.75, 3.05) is 6.54 Å². The van der Waals surface area contributed by atoms with Crippen LogP contribution in [-0.4, -0.2) is 67.5 Å². The highest BCUT2D eigenvalue weighted by molar-refractivity contribution is 6.10. The van der Waals surface area contributed by atoms with Gasteiger partial charge in [0.1, 0.15) is 17.8 Å². The fourth-order valence-electron chi connectivity index (χ4n) is 4.63. The highest BCUT2D eigenvalue weighted by Gasteiger charge is 2.33. The average Bonchev–Trinajstić information content (AvgIpc) is 3.45. The minimum Gasteiger partial charge on any atom is -0.480 e. The lowest BCUT2D eigenvalue weighted by Gasteiger charge is -2.21. The molecule has 10 heteroatoms. The number of carbonyl (C=O) groups excluding carboxylic acids is 2. The summed E-state index contributed by atoms with van der Waals surface area (Å²) in [5.41, 5.74) is 2.07. The average molecular weight is 481 g/mol. The first-order chi connectivity index (χ1) is 16.7. The number of pyridine rings is 1. The molecular formula is C25H28N4O6. The molecule has 1 aliphatic heterocycles. The molecule has 3 heterocycles. The van der Waals surface area contributed by atoms with Crippen molar-refractivity contribution in [1.29, 1.82) is 0 Å². The van der Waals surface area contributed by atoms with E-state index in [1.807, 2.05) is 24.3 Å². The summed E-state index contributed by atoms with van der Waals surface area (Å²) < 4.78 is 0. The van der Waals surface area contributed by atoms with Gasteiger partial charge >= 0.3 is 11.9 Å². The van der Waals surface area contributed by atoms with Gasteiger partial charge < -0.3 is 25.4 Å². The number of carbonyl (C=O) groups is 4. The number of amides is 2. The smallest absolute Gasteiger partial charge is 0.326 e. The fourth-order valence-corrected chi connectivity index (χ4v) is 4.63. The van der Waals surface area contributed by atoms with Crippen molar-refractivity contribution in [2.45, 2.75) is 51.6 Å². The Morgan fingerprint density at radius 3 is 2.60 bits per heavy atom. The molecule has 2 amide bonds. The van der Waals surface area contributed by atoms with E-state index in [9.17, 15) is 29.4 Å². The molecule has 2 atom stereocenters. The van der Waals surface area contributed by atoms with Crippen molar-refractivity contribution >= 4 is 45.6 Å². The summed E-state index contributed by atoms with van der Waals surface area (Å²) in [6.07, 6.45) is 1.31. The lowest BCUT2D eigenvalue weighted by atomic mass is 10.0. The number of H-pyrrole nitrogens is 1. The summed E-state index contributed by atoms with van der Waals surface area (Å²) in [5.74, 6) is -3.36. The van der Waals surface area contributed by atoms with E-state index in [-0.39, 0.29) is 30.4 Å². The largest absolute Gasteiger partial charge is 0.480 e. The summed E-state index contributed by atoms with van der Waals surface area (Å²) in [4.78, 5) is 58.1. The number of para-hydroxylation sites is 1. The molecule has 184 valence electrons. The SMILES string of the molecule is CC(C)C(NC(=O)c1cc2c([nH]c3ccccc32)c(CCC(=O)N2CCCC2C(=O)O)n1)C(=O)O. The number of carboxylic acids is 2. The summed E-state index contributed by atoms with van der Waals surface area (Å²) in [6, 6.07) is 7.28. The number of likely N-dealkylation sites (tertiary alicyclic amines) is 1. The molecule has 0 aliphatic carbocycles. The van der Waals surface area contributed by atoms with Crippen molar-refractivity contribution in [3.63, 3.8) is 0 Å². The maximum Gasteiger partial charge on any atom is 0.326 e. The molecule has 4 N–H and O–H groups in total. The monoisotopic (exact) mass is 480 g/mol. The van der Waals surface area contributed by atoms with Crippen LogP contribution >= 0.6 is 0 Å². The van der Waals surface area contributed by atoms with E-state index < -0.39 is 29.9 Å². The molecule has 2 unspecified atom stereocenters. The van der Waals surface area contributed by atoms with Crippen LogP contribution in [0.4, 0.5) is 0 Å². The number of aryl methyl sites for hydroxylation is 1. The molecule has 0 bridgehead atoms. The summed E-state index contributed by atoms with van der Waals surface area (Å²) in [6.45, 7) is 3.81. The van der Waals surface area contributed by atoms with E-state index in [1.165, 1.54) is 4.90 Å². The van der Waals surface area contributed by atoms with Crippen LogP contribution in [0.5, 0.6) is 0 Å². The molecule has 4 rings (SSSR count). The second-order valence-electron chi connectivity index (χ2n) is 9.16. The molecular weight excluding hydrogens is 452 g/mol. The number of aromatic amines is 1. The van der Waals surface area contributed by atoms with Crippen molar-refractivity contribution in [3.05, 3.63) is 41.7 Å². The number of hydrogen-bond acceptors (Lipinski definition) is 5. The zero-order chi connectivity index (χ0) is 25.3. The van der Waals surface area contributed by atoms with Crippen LogP contribution < -0.4 is 5.32 Å². The third kappa shape index (κ3) is 4.82. The van der Waals surface area contributed by atoms with Gasteiger partial charge in [0.05, 0.1) is 11.2 Å². The van der Waals surface area contributed by atoms with Crippen LogP contribution in [0, 0.1) is 5.92 Å². The summed E-state index contributed by atoms with van der Waals surface area (Å²) >= 11 is 0. The maximum atomic E-state index is 13.0. The van der Waals surface area contributed by atoms with E-state index in [2.05, 4.69) is 15.3 Å². The molecule has 10 nitrogen and oxygen atoms in total. The van der Waals surface area contributed by atoms with Crippen molar-refractivity contribution < 1.29 is 29.4 Å². The Labute approximate surface area is 201 Å². The maximum absolute atomic E-state index is 13.0. The van der Waals surface area contributed by atoms with Gasteiger partial charge in [0.2, 0.25) is 5.91 Å². The lowest BCUT2D eigenvalue weighted by molar-refractivity contribution is -0.148. The Morgan fingerprint density at radius 1 is 1.17 bits per heavy atom. The van der Waals surface area contributed by atoms with Gasteiger partial charge in [-0.2, -0.15) is 0 Å². The van der Waals surface area contributed by atoms with Gasteiger partial charge in [0.25, 0.3) is 5.91 Å². The molecule has 0 radical (unpaired) electrons. The van der Waals surface area contributed by atoms with Gasteiger partial charge in [0, 0.05) is 35.7 Å². The van der Waals surface area contributed by atoms with Crippen LogP contribution in [-0.2, 0) is 20.8 Å². The predicted molar refractivity (Wildman–Crippen MR) is 128 cm³/mol. The molecule has 35 heavy (non-hydrogen) atoms. The number of nitrogens with one attached hydrogen (secondary N) is 2. The molecule has 1 aromatic carbocycles.